The first-order valence-electron chi connectivity index (χ1n) is 12.9. The van der Waals surface area contributed by atoms with Crippen LogP contribution in [0.15, 0.2) is 91.0 Å². The van der Waals surface area contributed by atoms with Gasteiger partial charge in [0.2, 0.25) is 0 Å². The number of carbonyl (C=O) groups is 1. The zero-order valence-corrected chi connectivity index (χ0v) is 22.7. The van der Waals surface area contributed by atoms with Crippen LogP contribution in [0.3, 0.4) is 0 Å². The van der Waals surface area contributed by atoms with Crippen molar-refractivity contribution < 1.29 is 44.7 Å². The van der Waals surface area contributed by atoms with Gasteiger partial charge in [0, 0.05) is 12.0 Å². The van der Waals surface area contributed by atoms with E-state index in [1.165, 1.54) is 6.92 Å². The number of amides is 1. The normalized spacial score (nSPS) is 13.8. The van der Waals surface area contributed by atoms with Gasteiger partial charge in [-0.2, -0.15) is 31.6 Å². The highest BCUT2D eigenvalue weighted by atomic mass is 19.4. The number of nitrogens with one attached hydrogen (secondary N) is 1. The molecule has 0 aromatic heterocycles. The van der Waals surface area contributed by atoms with Crippen LogP contribution in [-0.4, -0.2) is 12.0 Å². The van der Waals surface area contributed by atoms with Crippen LogP contribution in [0.1, 0.15) is 45.1 Å². The van der Waals surface area contributed by atoms with E-state index in [-0.39, 0.29) is 18.1 Å². The number of alkyl halides is 6. The molecule has 228 valence electrons. The second-order valence-corrected chi connectivity index (χ2v) is 9.86. The molecule has 4 aromatic rings. The largest absolute Gasteiger partial charge is 0.473 e. The molecule has 4 rings (SSSR count). The first-order valence-corrected chi connectivity index (χ1v) is 12.9. The number of halogens is 8. The van der Waals surface area contributed by atoms with Crippen molar-refractivity contribution in [3.05, 3.63) is 136 Å². The number of hydrogen-bond donors (Lipinski definition) is 1. The molecule has 0 fully saturated rings. The second-order valence-electron chi connectivity index (χ2n) is 9.86. The van der Waals surface area contributed by atoms with Gasteiger partial charge in [-0.1, -0.05) is 42.5 Å². The summed E-state index contributed by atoms with van der Waals surface area (Å²) in [5.41, 5.74) is -5.35. The molecule has 0 aliphatic carbocycles. The van der Waals surface area contributed by atoms with Crippen molar-refractivity contribution in [2.75, 3.05) is 0 Å². The quantitative estimate of drug-likeness (QED) is 0.203. The van der Waals surface area contributed by atoms with Crippen LogP contribution in [-0.2, 0) is 24.3 Å². The van der Waals surface area contributed by atoms with Crippen molar-refractivity contribution in [2.24, 2.45) is 0 Å². The first-order chi connectivity index (χ1) is 20.6. The average Bonchev–Trinajstić information content (AvgIpc) is 2.97. The maximum atomic E-state index is 14.9. The number of ether oxygens (including phenoxy) is 1. The van der Waals surface area contributed by atoms with Crippen LogP contribution in [0.4, 0.5) is 35.1 Å². The lowest BCUT2D eigenvalue weighted by Crippen LogP contribution is -2.49. The molecule has 1 amide bonds. The van der Waals surface area contributed by atoms with E-state index >= 15 is 0 Å². The third-order valence-electron chi connectivity index (χ3n) is 6.72. The third-order valence-corrected chi connectivity index (χ3v) is 6.72. The van der Waals surface area contributed by atoms with Crippen molar-refractivity contribution in [1.82, 2.24) is 5.32 Å². The molecule has 1 unspecified atom stereocenters. The number of benzene rings is 4. The number of carbonyl (C=O) groups excluding carboxylic acids is 1. The van der Waals surface area contributed by atoms with Gasteiger partial charge in [-0.05, 0) is 72.1 Å². The third kappa shape index (κ3) is 7.16. The van der Waals surface area contributed by atoms with E-state index in [2.05, 4.69) is 5.32 Å². The van der Waals surface area contributed by atoms with Crippen LogP contribution >= 0.6 is 0 Å². The second kappa shape index (κ2) is 12.4. The molecule has 1 N–H and O–H groups in total. The summed E-state index contributed by atoms with van der Waals surface area (Å²) in [7, 11) is 0. The van der Waals surface area contributed by atoms with Gasteiger partial charge in [0.15, 0.2) is 17.7 Å². The van der Waals surface area contributed by atoms with Gasteiger partial charge in [-0.15, -0.1) is 0 Å². The van der Waals surface area contributed by atoms with E-state index in [9.17, 15) is 39.9 Å². The Morgan fingerprint density at radius 1 is 0.795 bits per heavy atom. The fraction of sp³-hybridized carbons (Fsp3) is 0.188. The molecule has 4 aromatic carbocycles. The molecule has 0 radical (unpaired) electrons. The zero-order chi connectivity index (χ0) is 32.3. The van der Waals surface area contributed by atoms with Crippen LogP contribution in [0.2, 0.25) is 0 Å². The Labute approximate surface area is 246 Å². The van der Waals surface area contributed by atoms with Gasteiger partial charge in [-0.25, -0.2) is 8.78 Å². The lowest BCUT2D eigenvalue weighted by atomic mass is 9.77. The highest BCUT2D eigenvalue weighted by Crippen LogP contribution is 2.40. The molecule has 0 aliphatic rings. The van der Waals surface area contributed by atoms with Crippen LogP contribution in [0.25, 0.3) is 0 Å². The summed E-state index contributed by atoms with van der Waals surface area (Å²) in [4.78, 5) is 13.7. The Morgan fingerprint density at radius 2 is 1.45 bits per heavy atom. The highest BCUT2D eigenvalue weighted by Gasteiger charge is 2.41. The molecule has 0 saturated carbocycles. The van der Waals surface area contributed by atoms with Gasteiger partial charge >= 0.3 is 12.4 Å². The van der Waals surface area contributed by atoms with E-state index < -0.39 is 69.5 Å². The van der Waals surface area contributed by atoms with Gasteiger partial charge < -0.3 is 10.1 Å². The molecular formula is C32H22F8N2O2. The minimum Gasteiger partial charge on any atom is -0.473 e. The van der Waals surface area contributed by atoms with Gasteiger partial charge in [0.1, 0.15) is 11.9 Å². The molecule has 0 spiro atoms. The summed E-state index contributed by atoms with van der Waals surface area (Å²) in [6, 6.07) is 17.7. The van der Waals surface area contributed by atoms with E-state index in [4.69, 9.17) is 10.00 Å². The molecule has 12 heteroatoms. The SMILES string of the molecule is CC(C#N)Oc1cc([C@@](Cc2ccccc2)(NC(=O)c2cccc(C(F)(F)F)c2)c2cc(F)cc(C(F)(F)F)c2)ccc1F. The Bertz CT molecular complexity index is 1700. The van der Waals surface area contributed by atoms with Crippen molar-refractivity contribution in [3.8, 4) is 11.8 Å². The molecule has 0 bridgehead atoms. The number of nitriles is 1. The maximum Gasteiger partial charge on any atom is 0.416 e. The number of rotatable bonds is 8. The summed E-state index contributed by atoms with van der Waals surface area (Å²) >= 11 is 0. The lowest BCUT2D eigenvalue weighted by molar-refractivity contribution is -0.138. The maximum absolute atomic E-state index is 14.9. The fourth-order valence-electron chi connectivity index (χ4n) is 4.64. The number of nitrogens with zero attached hydrogens (tertiary/aromatic N) is 1. The van der Waals surface area contributed by atoms with Crippen molar-refractivity contribution in [2.45, 2.75) is 37.3 Å². The number of hydrogen-bond acceptors (Lipinski definition) is 3. The lowest BCUT2D eigenvalue weighted by Gasteiger charge is -2.37. The molecular weight excluding hydrogens is 596 g/mol. The first kappa shape index (κ1) is 32.0. The van der Waals surface area contributed by atoms with Crippen molar-refractivity contribution in [3.63, 3.8) is 0 Å². The predicted octanol–water partition coefficient (Wildman–Crippen LogP) is 8.21. The smallest absolute Gasteiger partial charge is 0.416 e. The standard InChI is InChI=1S/C32H22F8N2O2/c1-19(18-41)44-28-16-22(10-11-27(28)34)30(17-20-6-3-2-4-7-20,24-13-25(32(38,39)40)15-26(33)14-24)42-29(43)21-8-5-9-23(12-21)31(35,36)37/h2-16,19H,17H2,1H3,(H,42,43)/t19?,30-/m1/s1. The minimum absolute atomic E-state index is 0.109. The van der Waals surface area contributed by atoms with Crippen molar-refractivity contribution >= 4 is 5.91 Å². The Morgan fingerprint density at radius 3 is 2.09 bits per heavy atom. The molecule has 4 nitrogen and oxygen atoms in total. The Kier molecular flexibility index (Phi) is 8.99. The van der Waals surface area contributed by atoms with Gasteiger partial charge in [-0.3, -0.25) is 4.79 Å². The topological polar surface area (TPSA) is 62.1 Å². The average molecular weight is 619 g/mol. The minimum atomic E-state index is -5.03. The summed E-state index contributed by atoms with van der Waals surface area (Å²) in [6.07, 6.45) is -11.4. The van der Waals surface area contributed by atoms with Crippen LogP contribution < -0.4 is 10.1 Å². The molecule has 0 saturated heterocycles. The summed E-state index contributed by atoms with van der Waals surface area (Å²) in [6.45, 7) is 1.31. The molecule has 44 heavy (non-hydrogen) atoms. The summed E-state index contributed by atoms with van der Waals surface area (Å²) < 4.78 is 117. The van der Waals surface area contributed by atoms with E-state index in [1.54, 1.807) is 36.4 Å². The monoisotopic (exact) mass is 618 g/mol. The van der Waals surface area contributed by atoms with E-state index in [1.807, 2.05) is 0 Å². The Balaban J connectivity index is 2.03. The zero-order valence-electron chi connectivity index (χ0n) is 22.7. The van der Waals surface area contributed by atoms with Crippen LogP contribution in [0, 0.1) is 23.0 Å². The summed E-state index contributed by atoms with van der Waals surface area (Å²) in [5, 5.41) is 11.7. The summed E-state index contributed by atoms with van der Waals surface area (Å²) in [5.74, 6) is -3.93. The molecule has 0 heterocycles. The van der Waals surface area contributed by atoms with E-state index in [0.29, 0.717) is 17.7 Å². The molecule has 0 aliphatic heterocycles. The van der Waals surface area contributed by atoms with Crippen LogP contribution in [0.5, 0.6) is 5.75 Å². The highest BCUT2D eigenvalue weighted by molar-refractivity contribution is 5.95. The van der Waals surface area contributed by atoms with Gasteiger partial charge in [0.25, 0.3) is 5.91 Å². The Hall–Kier alpha value is -4.92. The van der Waals surface area contributed by atoms with Gasteiger partial charge in [0.05, 0.1) is 16.7 Å². The molecule has 2 atom stereocenters. The predicted molar refractivity (Wildman–Crippen MR) is 143 cm³/mol. The van der Waals surface area contributed by atoms with E-state index in [0.717, 1.165) is 42.5 Å². The van der Waals surface area contributed by atoms with Crippen molar-refractivity contribution in [1.29, 1.82) is 5.26 Å². The fourth-order valence-corrected chi connectivity index (χ4v) is 4.64.